The van der Waals surface area contributed by atoms with E-state index >= 15 is 0 Å². The number of nitrogens with zero attached hydrogens (tertiary/aromatic N) is 6. The number of fused-ring (bicyclic) bond motifs is 2. The van der Waals surface area contributed by atoms with E-state index in [9.17, 15) is 14.5 Å². The molecule has 0 aromatic carbocycles. The number of halogens is 1. The van der Waals surface area contributed by atoms with Gasteiger partial charge in [-0.3, -0.25) is 4.79 Å². The summed E-state index contributed by atoms with van der Waals surface area (Å²) < 4.78 is 14.0. The van der Waals surface area contributed by atoms with Gasteiger partial charge in [-0.05, 0) is 31.4 Å². The molecule has 3 aromatic heterocycles. The molecule has 0 atom stereocenters. The van der Waals surface area contributed by atoms with Crippen LogP contribution < -0.4 is 16.1 Å². The Hall–Kier alpha value is -3.76. The maximum atomic E-state index is 13.0. The topological polar surface area (TPSA) is 122 Å². The van der Waals surface area contributed by atoms with Gasteiger partial charge in [-0.25, -0.2) is 15.0 Å². The summed E-state index contributed by atoms with van der Waals surface area (Å²) in [5.41, 5.74) is 1.50. The van der Waals surface area contributed by atoms with Crippen molar-refractivity contribution in [1.82, 2.24) is 30.0 Å². The van der Waals surface area contributed by atoms with Crippen molar-refractivity contribution >= 4 is 23.4 Å². The molecule has 11 heteroatoms. The first-order valence-electron chi connectivity index (χ1n) is 10.1. The second kappa shape index (κ2) is 7.18. The van der Waals surface area contributed by atoms with Crippen LogP contribution in [0.1, 0.15) is 53.7 Å². The summed E-state index contributed by atoms with van der Waals surface area (Å²) >= 11 is 0. The maximum absolute atomic E-state index is 13.0. The maximum Gasteiger partial charge on any atom is 0.254 e. The van der Waals surface area contributed by atoms with Crippen LogP contribution in [0.2, 0.25) is 0 Å². The summed E-state index contributed by atoms with van der Waals surface area (Å²) in [6.45, 7) is 1.83. The van der Waals surface area contributed by atoms with Gasteiger partial charge in [0.05, 0.1) is 23.0 Å². The van der Waals surface area contributed by atoms with Gasteiger partial charge in [0.2, 0.25) is 0 Å². The molecule has 10 nitrogen and oxygen atoms in total. The predicted octanol–water partition coefficient (Wildman–Crippen LogP) is 2.63. The lowest BCUT2D eigenvalue weighted by atomic mass is 9.79. The number of aromatic nitrogens is 5. The summed E-state index contributed by atoms with van der Waals surface area (Å²) in [6, 6.07) is 4.66. The van der Waals surface area contributed by atoms with Crippen LogP contribution in [0.25, 0.3) is 0 Å². The lowest BCUT2D eigenvalue weighted by molar-refractivity contribution is 0.0892. The number of carbonyl (C=O) groups excluding carboxylic acids is 1. The minimum Gasteiger partial charge on any atom is -0.427 e. The number of nitrogens with one attached hydrogen (secondary N) is 2. The molecule has 3 N–H and O–H groups in total. The van der Waals surface area contributed by atoms with Crippen LogP contribution in [0.4, 0.5) is 21.9 Å². The minimum atomic E-state index is -0.570. The standard InChI is InChI=1S/C20H21FN8O2/c1-12-9-16(25-15-10-14(22-11-23-15)24-13-5-8-28(21)27-13)29(31)18-17(12)19(30)26-20(18)6-3-2-4-7-20/h5,8-11,31H,2-4,6-7H2,1H3,(H,26,30)(H,22,23,24,27). The van der Waals surface area contributed by atoms with E-state index < -0.39 is 5.54 Å². The molecule has 1 fully saturated rings. The van der Waals surface area contributed by atoms with Crippen molar-refractivity contribution in [3.05, 3.63) is 53.0 Å². The third-order valence-electron chi connectivity index (χ3n) is 5.84. The van der Waals surface area contributed by atoms with Crippen molar-refractivity contribution in [3.8, 4) is 0 Å². The summed E-state index contributed by atoms with van der Waals surface area (Å²) in [5.74, 6) is 0.774. The Morgan fingerprint density at radius 3 is 2.77 bits per heavy atom. The van der Waals surface area contributed by atoms with Crippen molar-refractivity contribution in [1.29, 1.82) is 0 Å². The summed E-state index contributed by atoms with van der Waals surface area (Å²) in [5, 5.41) is 20.6. The van der Waals surface area contributed by atoms with Crippen molar-refractivity contribution in [2.45, 2.75) is 44.6 Å². The van der Waals surface area contributed by atoms with E-state index in [4.69, 9.17) is 0 Å². The van der Waals surface area contributed by atoms with Gasteiger partial charge in [0.1, 0.15) is 12.1 Å². The van der Waals surface area contributed by atoms with E-state index in [1.165, 1.54) is 12.4 Å². The van der Waals surface area contributed by atoms with Gasteiger partial charge in [0.25, 0.3) is 5.91 Å². The molecule has 31 heavy (non-hydrogen) atoms. The van der Waals surface area contributed by atoms with Gasteiger partial charge in [-0.1, -0.05) is 23.7 Å². The number of hydrogen-bond donors (Lipinski definition) is 3. The van der Waals surface area contributed by atoms with E-state index in [2.05, 4.69) is 30.7 Å². The zero-order valence-corrected chi connectivity index (χ0v) is 16.8. The highest BCUT2D eigenvalue weighted by molar-refractivity contribution is 6.00. The van der Waals surface area contributed by atoms with Crippen molar-refractivity contribution < 1.29 is 14.5 Å². The van der Waals surface area contributed by atoms with E-state index in [0.717, 1.165) is 48.6 Å². The predicted molar refractivity (Wildman–Crippen MR) is 108 cm³/mol. The lowest BCUT2D eigenvalue weighted by Gasteiger charge is -2.34. The van der Waals surface area contributed by atoms with Gasteiger partial charge in [-0.15, -0.1) is 10.0 Å². The Morgan fingerprint density at radius 1 is 1.23 bits per heavy atom. The van der Waals surface area contributed by atoms with E-state index in [-0.39, 0.29) is 27.9 Å². The fourth-order valence-corrected chi connectivity index (χ4v) is 4.49. The van der Waals surface area contributed by atoms with Crippen LogP contribution in [-0.4, -0.2) is 35.8 Å². The molecule has 160 valence electrons. The van der Waals surface area contributed by atoms with Crippen LogP contribution in [0, 0.1) is 6.92 Å². The second-order valence-electron chi connectivity index (χ2n) is 7.91. The Labute approximate surface area is 176 Å². The van der Waals surface area contributed by atoms with E-state index in [1.807, 2.05) is 6.92 Å². The largest absolute Gasteiger partial charge is 0.427 e. The molecule has 0 radical (unpaired) electrons. The van der Waals surface area contributed by atoms with Gasteiger partial charge in [-0.2, -0.15) is 4.73 Å². The fraction of sp³-hybridized carbons (Fsp3) is 0.350. The molecule has 5 rings (SSSR count). The molecule has 0 bridgehead atoms. The average molecular weight is 424 g/mol. The normalized spacial score (nSPS) is 17.6. The quantitative estimate of drug-likeness (QED) is 0.556. The Bertz CT molecular complexity index is 1240. The number of hydrogen-bond acceptors (Lipinski definition) is 7. The van der Waals surface area contributed by atoms with Crippen LogP contribution in [0.15, 0.2) is 35.7 Å². The molecule has 1 spiro atoms. The molecule has 1 aliphatic carbocycles. The summed E-state index contributed by atoms with van der Waals surface area (Å²) in [7, 11) is 0. The number of rotatable bonds is 3. The van der Waals surface area contributed by atoms with Gasteiger partial charge >= 0.3 is 0 Å². The first kappa shape index (κ1) is 19.2. The summed E-state index contributed by atoms with van der Waals surface area (Å²) in [6.07, 6.45) is 7.09. The molecule has 1 amide bonds. The van der Waals surface area contributed by atoms with Gasteiger partial charge in [0, 0.05) is 12.1 Å². The van der Waals surface area contributed by atoms with Crippen molar-refractivity contribution in [2.75, 3.05) is 5.32 Å². The summed E-state index contributed by atoms with van der Waals surface area (Å²) in [4.78, 5) is 25.6. The first-order valence-corrected chi connectivity index (χ1v) is 10.1. The highest BCUT2D eigenvalue weighted by Crippen LogP contribution is 2.42. The Kier molecular flexibility index (Phi) is 4.45. The van der Waals surface area contributed by atoms with Crippen LogP contribution in [-0.2, 0) is 5.54 Å². The molecule has 2 aliphatic rings. The first-order chi connectivity index (χ1) is 14.9. The molecular weight excluding hydrogens is 403 g/mol. The molecule has 1 saturated carbocycles. The van der Waals surface area contributed by atoms with E-state index in [0.29, 0.717) is 17.1 Å². The molecule has 1 aliphatic heterocycles. The Balaban J connectivity index is 1.57. The zero-order chi connectivity index (χ0) is 21.6. The average Bonchev–Trinajstić information content (AvgIpc) is 3.27. The van der Waals surface area contributed by atoms with Crippen molar-refractivity contribution in [2.24, 2.45) is 4.99 Å². The highest BCUT2D eigenvalue weighted by atomic mass is 19.2. The number of anilines is 2. The molecule has 0 unspecified atom stereocenters. The number of amides is 1. The zero-order valence-electron chi connectivity index (χ0n) is 16.8. The fourth-order valence-electron chi connectivity index (χ4n) is 4.49. The van der Waals surface area contributed by atoms with Gasteiger partial charge in [0.15, 0.2) is 17.1 Å². The smallest absolute Gasteiger partial charge is 0.254 e. The third kappa shape index (κ3) is 3.31. The highest BCUT2D eigenvalue weighted by Gasteiger charge is 2.47. The monoisotopic (exact) mass is 424 g/mol. The Morgan fingerprint density at radius 2 is 2.03 bits per heavy atom. The van der Waals surface area contributed by atoms with Crippen LogP contribution in [0.5, 0.6) is 0 Å². The van der Waals surface area contributed by atoms with E-state index in [1.54, 1.807) is 12.1 Å². The molecule has 0 saturated heterocycles. The van der Waals surface area contributed by atoms with Crippen LogP contribution in [0.3, 0.4) is 0 Å². The lowest BCUT2D eigenvalue weighted by Crippen LogP contribution is -2.43. The van der Waals surface area contributed by atoms with Gasteiger partial charge < -0.3 is 15.8 Å². The number of pyridine rings is 1. The second-order valence-corrected chi connectivity index (χ2v) is 7.91. The number of aryl methyl sites for hydroxylation is 1. The molecule has 4 heterocycles. The molecule has 3 aromatic rings. The van der Waals surface area contributed by atoms with Crippen molar-refractivity contribution in [3.63, 3.8) is 0 Å². The molecular formula is C20H21FN8O2. The minimum absolute atomic E-state index is 0.162. The third-order valence-corrected chi connectivity index (χ3v) is 5.84. The number of carbonyl (C=O) groups is 1. The van der Waals surface area contributed by atoms with Crippen LogP contribution >= 0.6 is 0 Å². The SMILES string of the molecule is Cc1cc(=Nc2cc(Nc3ccn(F)n3)ncn2)n(O)c2c1C(=O)NC21CCCCC1.